The molecule has 0 bridgehead atoms. The molecule has 0 aliphatic carbocycles. The van der Waals surface area contributed by atoms with Crippen LogP contribution in [0.15, 0.2) is 24.3 Å². The Morgan fingerprint density at radius 3 is 2.26 bits per heavy atom. The molecule has 19 heavy (non-hydrogen) atoms. The molecule has 3 N–H and O–H groups in total. The Bertz CT molecular complexity index is 666. The number of aromatic hydroxyl groups is 2. The molecule has 0 spiro atoms. The standard InChI is InChI=1S/C15H16O4/c1-15(2,3)9-4-5-10-8(6-9)7-11(16)12(13(10)17)14(18)19/h4-7,16-17H,1-3H3,(H,18,19). The summed E-state index contributed by atoms with van der Waals surface area (Å²) in [4.78, 5) is 11.0. The molecule has 0 radical (unpaired) electrons. The van der Waals surface area contributed by atoms with Crippen LogP contribution in [0.2, 0.25) is 0 Å². The van der Waals surface area contributed by atoms with Gasteiger partial charge < -0.3 is 15.3 Å². The van der Waals surface area contributed by atoms with Crippen LogP contribution in [0.4, 0.5) is 0 Å². The van der Waals surface area contributed by atoms with Crippen molar-refractivity contribution in [2.45, 2.75) is 26.2 Å². The molecule has 0 unspecified atom stereocenters. The molecule has 0 atom stereocenters. The fraction of sp³-hybridized carbons (Fsp3) is 0.267. The van der Waals surface area contributed by atoms with Gasteiger partial charge in [0.05, 0.1) is 0 Å². The van der Waals surface area contributed by atoms with Crippen molar-refractivity contribution in [3.63, 3.8) is 0 Å². The van der Waals surface area contributed by atoms with Crippen molar-refractivity contribution in [3.8, 4) is 11.5 Å². The summed E-state index contributed by atoms with van der Waals surface area (Å²) in [5.41, 5.74) is 0.517. The minimum Gasteiger partial charge on any atom is -0.507 e. The molecular weight excluding hydrogens is 244 g/mol. The zero-order chi connectivity index (χ0) is 14.4. The van der Waals surface area contributed by atoms with Crippen molar-refractivity contribution in [2.75, 3.05) is 0 Å². The summed E-state index contributed by atoms with van der Waals surface area (Å²) in [5.74, 6) is -2.18. The number of phenols is 2. The molecule has 0 aromatic heterocycles. The minimum atomic E-state index is -1.35. The van der Waals surface area contributed by atoms with Gasteiger partial charge in [0.15, 0.2) is 0 Å². The second kappa shape index (κ2) is 4.16. The SMILES string of the molecule is CC(C)(C)c1ccc2c(O)c(C(=O)O)c(O)cc2c1. The maximum absolute atomic E-state index is 11.0. The van der Waals surface area contributed by atoms with Gasteiger partial charge in [0, 0.05) is 5.39 Å². The minimum absolute atomic E-state index is 0.0646. The first-order chi connectivity index (χ1) is 8.71. The van der Waals surface area contributed by atoms with Gasteiger partial charge in [-0.05, 0) is 22.4 Å². The Balaban J connectivity index is 2.78. The highest BCUT2D eigenvalue weighted by atomic mass is 16.4. The first-order valence-electron chi connectivity index (χ1n) is 5.94. The van der Waals surface area contributed by atoms with E-state index < -0.39 is 23.0 Å². The van der Waals surface area contributed by atoms with Crippen molar-refractivity contribution in [3.05, 3.63) is 35.4 Å². The van der Waals surface area contributed by atoms with Gasteiger partial charge in [-0.2, -0.15) is 0 Å². The predicted octanol–water partition coefficient (Wildman–Crippen LogP) is 3.25. The van der Waals surface area contributed by atoms with E-state index in [0.29, 0.717) is 10.8 Å². The molecule has 0 aliphatic heterocycles. The highest BCUT2D eigenvalue weighted by Gasteiger charge is 2.20. The normalized spacial score (nSPS) is 11.7. The number of carbonyl (C=O) groups is 1. The average Bonchev–Trinajstić information content (AvgIpc) is 2.26. The Hall–Kier alpha value is -2.23. The van der Waals surface area contributed by atoms with Gasteiger partial charge >= 0.3 is 5.97 Å². The van der Waals surface area contributed by atoms with E-state index in [9.17, 15) is 15.0 Å². The summed E-state index contributed by atoms with van der Waals surface area (Å²) in [7, 11) is 0. The lowest BCUT2D eigenvalue weighted by Crippen LogP contribution is -2.10. The maximum atomic E-state index is 11.0. The number of carboxylic acid groups (broad SMARTS) is 1. The third-order valence-corrected chi connectivity index (χ3v) is 3.17. The molecule has 0 aliphatic rings. The number of aromatic carboxylic acids is 1. The quantitative estimate of drug-likeness (QED) is 0.735. The summed E-state index contributed by atoms with van der Waals surface area (Å²) in [6, 6.07) is 6.75. The average molecular weight is 260 g/mol. The van der Waals surface area contributed by atoms with Gasteiger partial charge in [-0.15, -0.1) is 0 Å². The van der Waals surface area contributed by atoms with E-state index in [1.807, 2.05) is 12.1 Å². The fourth-order valence-electron chi connectivity index (χ4n) is 2.05. The van der Waals surface area contributed by atoms with Gasteiger partial charge in [-0.25, -0.2) is 4.79 Å². The van der Waals surface area contributed by atoms with E-state index >= 15 is 0 Å². The smallest absolute Gasteiger partial charge is 0.343 e. The Morgan fingerprint density at radius 1 is 1.11 bits per heavy atom. The Labute approximate surface area is 110 Å². The number of hydrogen-bond donors (Lipinski definition) is 3. The van der Waals surface area contributed by atoms with E-state index in [1.165, 1.54) is 6.07 Å². The van der Waals surface area contributed by atoms with E-state index in [0.717, 1.165) is 5.56 Å². The molecule has 100 valence electrons. The van der Waals surface area contributed by atoms with Crippen LogP contribution in [0.1, 0.15) is 36.7 Å². The van der Waals surface area contributed by atoms with E-state index in [2.05, 4.69) is 20.8 Å². The molecule has 2 rings (SSSR count). The molecule has 4 heteroatoms. The van der Waals surface area contributed by atoms with Crippen LogP contribution < -0.4 is 0 Å². The molecule has 0 fully saturated rings. The van der Waals surface area contributed by atoms with Crippen molar-refractivity contribution in [2.24, 2.45) is 0 Å². The molecule has 0 amide bonds. The summed E-state index contributed by atoms with van der Waals surface area (Å²) in [6.45, 7) is 6.17. The summed E-state index contributed by atoms with van der Waals surface area (Å²) < 4.78 is 0. The van der Waals surface area contributed by atoms with Gasteiger partial charge in [-0.3, -0.25) is 0 Å². The highest BCUT2D eigenvalue weighted by Crippen LogP contribution is 2.37. The van der Waals surface area contributed by atoms with Crippen LogP contribution in [-0.4, -0.2) is 21.3 Å². The molecule has 0 heterocycles. The lowest BCUT2D eigenvalue weighted by atomic mass is 9.85. The largest absolute Gasteiger partial charge is 0.507 e. The van der Waals surface area contributed by atoms with Gasteiger partial charge in [-0.1, -0.05) is 39.0 Å². The highest BCUT2D eigenvalue weighted by molar-refractivity contribution is 6.03. The number of benzene rings is 2. The van der Waals surface area contributed by atoms with E-state index in [1.54, 1.807) is 6.07 Å². The topological polar surface area (TPSA) is 77.8 Å². The molecule has 2 aromatic rings. The van der Waals surface area contributed by atoms with Crippen molar-refractivity contribution in [1.29, 1.82) is 0 Å². The van der Waals surface area contributed by atoms with Gasteiger partial charge in [0.25, 0.3) is 0 Å². The number of carboxylic acids is 1. The van der Waals surface area contributed by atoms with Crippen LogP contribution in [0.25, 0.3) is 10.8 Å². The second-order valence-corrected chi connectivity index (χ2v) is 5.61. The van der Waals surface area contributed by atoms with Crippen LogP contribution >= 0.6 is 0 Å². The molecule has 2 aromatic carbocycles. The van der Waals surface area contributed by atoms with Gasteiger partial charge in [0.1, 0.15) is 17.1 Å². The number of hydrogen-bond acceptors (Lipinski definition) is 3. The molecular formula is C15H16O4. The molecule has 0 saturated carbocycles. The van der Waals surface area contributed by atoms with Gasteiger partial charge in [0.2, 0.25) is 0 Å². The van der Waals surface area contributed by atoms with Crippen LogP contribution in [0, 0.1) is 0 Å². The van der Waals surface area contributed by atoms with Crippen molar-refractivity contribution < 1.29 is 20.1 Å². The van der Waals surface area contributed by atoms with Crippen LogP contribution in [0.5, 0.6) is 11.5 Å². The van der Waals surface area contributed by atoms with Crippen molar-refractivity contribution in [1.82, 2.24) is 0 Å². The Morgan fingerprint density at radius 2 is 1.74 bits per heavy atom. The van der Waals surface area contributed by atoms with Crippen molar-refractivity contribution >= 4 is 16.7 Å². The number of fused-ring (bicyclic) bond motifs is 1. The Kier molecular flexibility index (Phi) is 2.89. The maximum Gasteiger partial charge on any atom is 0.343 e. The third-order valence-electron chi connectivity index (χ3n) is 3.17. The van der Waals surface area contributed by atoms with Crippen LogP contribution in [-0.2, 0) is 5.41 Å². The monoisotopic (exact) mass is 260 g/mol. The molecule has 4 nitrogen and oxygen atoms in total. The first kappa shape index (κ1) is 13.2. The first-order valence-corrected chi connectivity index (χ1v) is 5.94. The number of rotatable bonds is 1. The van der Waals surface area contributed by atoms with E-state index in [4.69, 9.17) is 5.11 Å². The predicted molar refractivity (Wildman–Crippen MR) is 72.9 cm³/mol. The summed E-state index contributed by atoms with van der Waals surface area (Å²) >= 11 is 0. The summed E-state index contributed by atoms with van der Waals surface area (Å²) in [6.07, 6.45) is 0. The zero-order valence-corrected chi connectivity index (χ0v) is 11.1. The fourth-order valence-corrected chi connectivity index (χ4v) is 2.05. The lowest BCUT2D eigenvalue weighted by Gasteiger charge is -2.20. The zero-order valence-electron chi connectivity index (χ0n) is 11.1. The summed E-state index contributed by atoms with van der Waals surface area (Å²) in [5, 5.41) is 29.7. The second-order valence-electron chi connectivity index (χ2n) is 5.61. The van der Waals surface area contributed by atoms with E-state index in [-0.39, 0.29) is 5.41 Å². The van der Waals surface area contributed by atoms with Crippen LogP contribution in [0.3, 0.4) is 0 Å². The molecule has 0 saturated heterocycles. The lowest BCUT2D eigenvalue weighted by molar-refractivity contribution is 0.0691. The third kappa shape index (κ3) is 2.21.